The lowest BCUT2D eigenvalue weighted by molar-refractivity contribution is 0.380. The molecule has 0 radical (unpaired) electrons. The van der Waals surface area contributed by atoms with Gasteiger partial charge in [-0.1, -0.05) is 23.8 Å². The lowest BCUT2D eigenvalue weighted by atomic mass is 10.0. The summed E-state index contributed by atoms with van der Waals surface area (Å²) in [4.78, 5) is 13.4. The van der Waals surface area contributed by atoms with Crippen LogP contribution in [-0.2, 0) is 6.42 Å². The Kier molecular flexibility index (Phi) is 5.35. The highest BCUT2D eigenvalue weighted by molar-refractivity contribution is 7.13. The number of aliphatic imine (C=N–C) groups is 1. The van der Waals surface area contributed by atoms with Gasteiger partial charge in [0.05, 0.1) is 0 Å². The van der Waals surface area contributed by atoms with Gasteiger partial charge in [0.1, 0.15) is 0 Å². The smallest absolute Gasteiger partial charge is 0.191 e. The van der Waals surface area contributed by atoms with Gasteiger partial charge in [-0.05, 0) is 31.4 Å². The maximum absolute atomic E-state index is 6.18. The summed E-state index contributed by atoms with van der Waals surface area (Å²) < 4.78 is 0. The van der Waals surface area contributed by atoms with E-state index >= 15 is 0 Å². The van der Waals surface area contributed by atoms with Crippen LogP contribution in [0.2, 0.25) is 0 Å². The summed E-state index contributed by atoms with van der Waals surface area (Å²) in [6, 6.07) is 6.58. The van der Waals surface area contributed by atoms with Gasteiger partial charge in [0, 0.05) is 44.3 Å². The standard InChI is InChI=1S/C18H25N5S/c1-14-3-4-16(15(2)13-14)5-6-20-17(19)22-8-10-23(11-9-22)18-21-7-12-24-18/h3-4,7,12-13H,5-6,8-11H2,1-2H3,(H2,19,20). The van der Waals surface area contributed by atoms with Crippen molar-refractivity contribution in [3.63, 3.8) is 0 Å². The van der Waals surface area contributed by atoms with Gasteiger partial charge in [-0.15, -0.1) is 11.3 Å². The lowest BCUT2D eigenvalue weighted by Crippen LogP contribution is -2.51. The molecule has 128 valence electrons. The Balaban J connectivity index is 1.49. The second-order valence-corrected chi connectivity index (χ2v) is 7.08. The second-order valence-electron chi connectivity index (χ2n) is 6.21. The van der Waals surface area contributed by atoms with Crippen molar-refractivity contribution in [3.05, 3.63) is 46.5 Å². The molecule has 2 heterocycles. The van der Waals surface area contributed by atoms with E-state index in [9.17, 15) is 0 Å². The summed E-state index contributed by atoms with van der Waals surface area (Å²) in [6.45, 7) is 8.71. The quantitative estimate of drug-likeness (QED) is 0.684. The van der Waals surface area contributed by atoms with Crippen LogP contribution in [0.4, 0.5) is 5.13 Å². The van der Waals surface area contributed by atoms with Crippen molar-refractivity contribution in [1.82, 2.24) is 9.88 Å². The van der Waals surface area contributed by atoms with Gasteiger partial charge in [0.15, 0.2) is 11.1 Å². The van der Waals surface area contributed by atoms with E-state index in [0.717, 1.165) is 44.3 Å². The Morgan fingerprint density at radius 1 is 1.25 bits per heavy atom. The van der Waals surface area contributed by atoms with Gasteiger partial charge in [0.2, 0.25) is 0 Å². The molecule has 1 aromatic heterocycles. The average Bonchev–Trinajstić information content (AvgIpc) is 3.11. The van der Waals surface area contributed by atoms with Crippen molar-refractivity contribution in [3.8, 4) is 0 Å². The number of hydrogen-bond donors (Lipinski definition) is 1. The van der Waals surface area contributed by atoms with Crippen LogP contribution in [0.25, 0.3) is 0 Å². The summed E-state index contributed by atoms with van der Waals surface area (Å²) in [5.74, 6) is 0.665. The van der Waals surface area contributed by atoms with Crippen LogP contribution in [0.5, 0.6) is 0 Å². The van der Waals surface area contributed by atoms with E-state index in [2.05, 4.69) is 51.8 Å². The molecule has 0 bridgehead atoms. The number of benzene rings is 1. The maximum atomic E-state index is 6.18. The zero-order valence-corrected chi connectivity index (χ0v) is 15.2. The molecule has 0 saturated carbocycles. The molecule has 24 heavy (non-hydrogen) atoms. The third-order valence-electron chi connectivity index (χ3n) is 4.45. The van der Waals surface area contributed by atoms with Crippen molar-refractivity contribution in [2.24, 2.45) is 10.7 Å². The minimum atomic E-state index is 0.665. The minimum Gasteiger partial charge on any atom is -0.370 e. The third-order valence-corrected chi connectivity index (χ3v) is 5.28. The second kappa shape index (κ2) is 7.66. The highest BCUT2D eigenvalue weighted by Gasteiger charge is 2.19. The highest BCUT2D eigenvalue weighted by Crippen LogP contribution is 2.18. The van der Waals surface area contributed by atoms with E-state index in [1.165, 1.54) is 16.7 Å². The molecule has 0 atom stereocenters. The first kappa shape index (κ1) is 16.8. The van der Waals surface area contributed by atoms with E-state index in [1.807, 2.05) is 11.6 Å². The van der Waals surface area contributed by atoms with E-state index in [-0.39, 0.29) is 0 Å². The molecule has 1 aromatic carbocycles. The maximum Gasteiger partial charge on any atom is 0.191 e. The van der Waals surface area contributed by atoms with Crippen LogP contribution < -0.4 is 10.6 Å². The fraction of sp³-hybridized carbons (Fsp3) is 0.444. The van der Waals surface area contributed by atoms with Crippen molar-refractivity contribution < 1.29 is 0 Å². The minimum absolute atomic E-state index is 0.665. The number of nitrogens with two attached hydrogens (primary N) is 1. The summed E-state index contributed by atoms with van der Waals surface area (Å²) >= 11 is 1.69. The number of anilines is 1. The summed E-state index contributed by atoms with van der Waals surface area (Å²) in [5, 5.41) is 3.12. The van der Waals surface area contributed by atoms with Gasteiger partial charge in [0.25, 0.3) is 0 Å². The number of thiazole rings is 1. The Morgan fingerprint density at radius 3 is 2.71 bits per heavy atom. The monoisotopic (exact) mass is 343 g/mol. The molecule has 6 heteroatoms. The first-order chi connectivity index (χ1) is 11.6. The van der Waals surface area contributed by atoms with Gasteiger partial charge >= 0.3 is 0 Å². The number of guanidine groups is 1. The summed E-state index contributed by atoms with van der Waals surface area (Å²) in [7, 11) is 0. The Morgan fingerprint density at radius 2 is 2.04 bits per heavy atom. The molecule has 0 unspecified atom stereocenters. The van der Waals surface area contributed by atoms with E-state index in [4.69, 9.17) is 5.73 Å². The first-order valence-corrected chi connectivity index (χ1v) is 9.27. The fourth-order valence-electron chi connectivity index (χ4n) is 3.02. The van der Waals surface area contributed by atoms with Crippen molar-refractivity contribution in [2.75, 3.05) is 37.6 Å². The number of rotatable bonds is 4. The molecule has 2 aromatic rings. The third kappa shape index (κ3) is 4.06. The molecular weight excluding hydrogens is 318 g/mol. The van der Waals surface area contributed by atoms with Gasteiger partial charge in [-0.2, -0.15) is 0 Å². The Bertz CT molecular complexity index is 687. The van der Waals surface area contributed by atoms with Crippen LogP contribution in [0, 0.1) is 13.8 Å². The zero-order chi connectivity index (χ0) is 16.9. The molecule has 1 saturated heterocycles. The van der Waals surface area contributed by atoms with Crippen LogP contribution in [-0.4, -0.2) is 48.6 Å². The number of aryl methyl sites for hydroxylation is 2. The van der Waals surface area contributed by atoms with E-state index in [1.54, 1.807) is 11.3 Å². The molecule has 0 spiro atoms. The summed E-state index contributed by atoms with van der Waals surface area (Å²) in [6.07, 6.45) is 2.79. The SMILES string of the molecule is Cc1ccc(CCN=C(N)N2CCN(c3nccs3)CC2)c(C)c1. The summed E-state index contributed by atoms with van der Waals surface area (Å²) in [5.41, 5.74) is 10.2. The van der Waals surface area contributed by atoms with Crippen molar-refractivity contribution in [2.45, 2.75) is 20.3 Å². The predicted molar refractivity (Wildman–Crippen MR) is 102 cm³/mol. The van der Waals surface area contributed by atoms with Crippen LogP contribution >= 0.6 is 11.3 Å². The fourth-order valence-corrected chi connectivity index (χ4v) is 3.71. The largest absolute Gasteiger partial charge is 0.370 e. The van der Waals surface area contributed by atoms with Gasteiger partial charge in [-0.25, -0.2) is 4.98 Å². The molecule has 1 aliphatic heterocycles. The van der Waals surface area contributed by atoms with Crippen molar-refractivity contribution in [1.29, 1.82) is 0 Å². The normalized spacial score (nSPS) is 15.8. The van der Waals surface area contributed by atoms with E-state index in [0.29, 0.717) is 5.96 Å². The van der Waals surface area contributed by atoms with Gasteiger partial charge in [-0.3, -0.25) is 4.99 Å². The molecule has 0 aliphatic carbocycles. The van der Waals surface area contributed by atoms with Crippen molar-refractivity contribution >= 4 is 22.4 Å². The molecule has 1 aliphatic rings. The van der Waals surface area contributed by atoms with Gasteiger partial charge < -0.3 is 15.5 Å². The Hall–Kier alpha value is -2.08. The van der Waals surface area contributed by atoms with E-state index < -0.39 is 0 Å². The lowest BCUT2D eigenvalue weighted by Gasteiger charge is -2.35. The first-order valence-electron chi connectivity index (χ1n) is 8.39. The molecule has 3 rings (SSSR count). The number of nitrogens with zero attached hydrogens (tertiary/aromatic N) is 4. The average molecular weight is 344 g/mol. The molecule has 0 amide bonds. The highest BCUT2D eigenvalue weighted by atomic mass is 32.1. The molecule has 2 N–H and O–H groups in total. The zero-order valence-electron chi connectivity index (χ0n) is 14.4. The number of aromatic nitrogens is 1. The Labute approximate surface area is 147 Å². The molecule has 5 nitrogen and oxygen atoms in total. The van der Waals surface area contributed by atoms with Crippen LogP contribution in [0.3, 0.4) is 0 Å². The molecule has 1 fully saturated rings. The van der Waals surface area contributed by atoms with Crippen LogP contribution in [0.15, 0.2) is 34.8 Å². The number of hydrogen-bond acceptors (Lipinski definition) is 4. The van der Waals surface area contributed by atoms with Crippen LogP contribution in [0.1, 0.15) is 16.7 Å². The number of piperazine rings is 1. The topological polar surface area (TPSA) is 57.8 Å². The molecular formula is C18H25N5S. The predicted octanol–water partition coefficient (Wildman–Crippen LogP) is 2.44.